The van der Waals surface area contributed by atoms with Crippen LogP contribution in [-0.2, 0) is 18.4 Å². The number of benzene rings is 1. The Morgan fingerprint density at radius 3 is 2.32 bits per heavy atom. The molecule has 1 amide bonds. The van der Waals surface area contributed by atoms with E-state index in [0.717, 1.165) is 38.0 Å². The average molecular weight is 484 g/mol. The first-order valence-electron chi connectivity index (χ1n) is 11.3. The third-order valence-corrected chi connectivity index (χ3v) is 6.51. The third-order valence-electron chi connectivity index (χ3n) is 6.26. The highest BCUT2D eigenvalue weighted by Gasteiger charge is 2.29. The van der Waals surface area contributed by atoms with Crippen molar-refractivity contribution in [3.63, 3.8) is 0 Å². The number of ether oxygens (including phenoxy) is 2. The lowest BCUT2D eigenvalue weighted by Crippen LogP contribution is -2.42. The average Bonchev–Trinajstić information content (AvgIpc) is 3.27. The van der Waals surface area contributed by atoms with Crippen LogP contribution in [0.3, 0.4) is 0 Å². The summed E-state index contributed by atoms with van der Waals surface area (Å²) in [5, 5.41) is 3.78. The van der Waals surface area contributed by atoms with Gasteiger partial charge in [-0.05, 0) is 55.8 Å². The lowest BCUT2D eigenvalue weighted by molar-refractivity contribution is -0.127. The van der Waals surface area contributed by atoms with Crippen LogP contribution in [0.25, 0.3) is 0 Å². The van der Waals surface area contributed by atoms with E-state index in [-0.39, 0.29) is 11.8 Å². The Morgan fingerprint density at radius 2 is 1.76 bits per heavy atom. The van der Waals surface area contributed by atoms with Crippen molar-refractivity contribution in [1.82, 2.24) is 24.8 Å². The Kier molecular flexibility index (Phi) is 7.70. The third kappa shape index (κ3) is 5.69. The summed E-state index contributed by atoms with van der Waals surface area (Å²) >= 11 is 6.09. The summed E-state index contributed by atoms with van der Waals surface area (Å²) in [6.07, 6.45) is 3.65. The van der Waals surface area contributed by atoms with Crippen LogP contribution >= 0.6 is 11.6 Å². The number of halogens is 1. The Hall–Kier alpha value is -3.10. The Bertz CT molecular complexity index is 1090. The number of carbonyl (C=O) groups is 1. The molecule has 0 saturated carbocycles. The molecule has 1 fully saturated rings. The number of nitrogens with zero attached hydrogens (tertiary/aromatic N) is 4. The first-order valence-corrected chi connectivity index (χ1v) is 11.7. The minimum absolute atomic E-state index is 0.0103. The SMILES string of the molecule is COc1cc(OC)nc(C(NC(=O)C2CCN(Cc3cccn3C)CC2)c2ccc(Cl)cc2)n1. The van der Waals surface area contributed by atoms with Gasteiger partial charge in [-0.15, -0.1) is 0 Å². The van der Waals surface area contributed by atoms with E-state index in [2.05, 4.69) is 50.1 Å². The van der Waals surface area contributed by atoms with E-state index in [1.54, 1.807) is 18.2 Å². The Balaban J connectivity index is 1.49. The second kappa shape index (κ2) is 10.9. The standard InChI is InChI=1S/C25H30ClN5O3/c1-30-12-4-5-20(30)16-31-13-10-18(11-14-31)25(32)29-23(17-6-8-19(26)9-7-17)24-27-21(33-2)15-22(28-24)34-3/h4-9,12,15,18,23H,10-11,13-14,16H2,1-3H3,(H,29,32). The molecule has 0 aliphatic carbocycles. The zero-order chi connectivity index (χ0) is 24.1. The van der Waals surface area contributed by atoms with Gasteiger partial charge in [0.25, 0.3) is 0 Å². The van der Waals surface area contributed by atoms with Gasteiger partial charge in [0.1, 0.15) is 6.04 Å². The van der Waals surface area contributed by atoms with Crippen LogP contribution in [0.2, 0.25) is 5.02 Å². The molecule has 9 heteroatoms. The molecule has 1 unspecified atom stereocenters. The number of likely N-dealkylation sites (tertiary alicyclic amines) is 1. The summed E-state index contributed by atoms with van der Waals surface area (Å²) in [6.45, 7) is 2.64. The predicted octanol–water partition coefficient (Wildman–Crippen LogP) is 3.60. The van der Waals surface area contributed by atoms with Crippen molar-refractivity contribution in [3.05, 3.63) is 70.8 Å². The summed E-state index contributed by atoms with van der Waals surface area (Å²) in [4.78, 5) is 24.7. The molecule has 8 nitrogen and oxygen atoms in total. The van der Waals surface area contributed by atoms with Gasteiger partial charge in [0.15, 0.2) is 5.82 Å². The van der Waals surface area contributed by atoms with Crippen LogP contribution < -0.4 is 14.8 Å². The maximum absolute atomic E-state index is 13.3. The maximum atomic E-state index is 13.3. The molecule has 0 radical (unpaired) electrons. The first kappa shape index (κ1) is 24.0. The number of hydrogen-bond donors (Lipinski definition) is 1. The molecular formula is C25H30ClN5O3. The molecule has 1 aromatic carbocycles. The van der Waals surface area contributed by atoms with Crippen LogP contribution in [0, 0.1) is 5.92 Å². The molecule has 0 bridgehead atoms. The second-order valence-corrected chi connectivity index (χ2v) is 8.90. The van der Waals surface area contributed by atoms with Crippen LogP contribution in [0.5, 0.6) is 11.8 Å². The number of piperidine rings is 1. The molecule has 1 N–H and O–H groups in total. The van der Waals surface area contributed by atoms with Crippen LogP contribution in [0.4, 0.5) is 0 Å². The number of hydrogen-bond acceptors (Lipinski definition) is 6. The molecule has 1 aliphatic rings. The zero-order valence-corrected chi connectivity index (χ0v) is 20.5. The fourth-order valence-electron chi connectivity index (χ4n) is 4.21. The fourth-order valence-corrected chi connectivity index (χ4v) is 4.34. The van der Waals surface area contributed by atoms with Gasteiger partial charge in [-0.3, -0.25) is 9.69 Å². The topological polar surface area (TPSA) is 81.5 Å². The molecule has 0 spiro atoms. The van der Waals surface area contributed by atoms with Gasteiger partial charge in [-0.25, -0.2) is 0 Å². The molecule has 180 valence electrons. The molecule has 3 heterocycles. The van der Waals surface area contributed by atoms with Crippen molar-refractivity contribution in [2.45, 2.75) is 25.4 Å². The van der Waals surface area contributed by atoms with E-state index in [0.29, 0.717) is 22.6 Å². The molecule has 1 atom stereocenters. The van der Waals surface area contributed by atoms with Crippen molar-refractivity contribution in [2.24, 2.45) is 13.0 Å². The van der Waals surface area contributed by atoms with Gasteiger partial charge in [0.05, 0.1) is 20.3 Å². The van der Waals surface area contributed by atoms with E-state index in [4.69, 9.17) is 21.1 Å². The summed E-state index contributed by atoms with van der Waals surface area (Å²) in [5.41, 5.74) is 2.10. The number of aromatic nitrogens is 3. The van der Waals surface area contributed by atoms with Crippen LogP contribution in [0.1, 0.15) is 36.0 Å². The summed E-state index contributed by atoms with van der Waals surface area (Å²) < 4.78 is 12.8. The number of nitrogens with one attached hydrogen (secondary N) is 1. The van der Waals surface area contributed by atoms with Crippen molar-refractivity contribution in [1.29, 1.82) is 0 Å². The number of carbonyl (C=O) groups excluding carboxylic acids is 1. The van der Waals surface area contributed by atoms with E-state index < -0.39 is 6.04 Å². The number of aryl methyl sites for hydroxylation is 1. The zero-order valence-electron chi connectivity index (χ0n) is 19.7. The van der Waals surface area contributed by atoms with Gasteiger partial charge < -0.3 is 19.4 Å². The van der Waals surface area contributed by atoms with Crippen molar-refractivity contribution >= 4 is 17.5 Å². The summed E-state index contributed by atoms with van der Waals surface area (Å²) in [5.74, 6) is 1.04. The molecule has 1 saturated heterocycles. The van der Waals surface area contributed by atoms with Gasteiger partial charge in [0.2, 0.25) is 17.7 Å². The molecule has 4 rings (SSSR count). The minimum Gasteiger partial charge on any atom is -0.481 e. The lowest BCUT2D eigenvalue weighted by Gasteiger charge is -2.32. The lowest BCUT2D eigenvalue weighted by atomic mass is 9.94. The smallest absolute Gasteiger partial charge is 0.224 e. The number of methoxy groups -OCH3 is 2. The van der Waals surface area contributed by atoms with Crippen molar-refractivity contribution in [3.8, 4) is 11.8 Å². The molecule has 1 aliphatic heterocycles. The largest absolute Gasteiger partial charge is 0.481 e. The van der Waals surface area contributed by atoms with E-state index in [1.165, 1.54) is 19.9 Å². The van der Waals surface area contributed by atoms with E-state index in [1.807, 2.05) is 12.1 Å². The number of rotatable bonds is 8. The maximum Gasteiger partial charge on any atom is 0.224 e. The molecule has 2 aromatic heterocycles. The quantitative estimate of drug-likeness (QED) is 0.527. The van der Waals surface area contributed by atoms with E-state index in [9.17, 15) is 4.79 Å². The van der Waals surface area contributed by atoms with Crippen LogP contribution in [-0.4, -0.2) is 52.7 Å². The summed E-state index contributed by atoms with van der Waals surface area (Å²) in [6, 6.07) is 12.5. The number of amides is 1. The van der Waals surface area contributed by atoms with Gasteiger partial charge in [-0.1, -0.05) is 23.7 Å². The Labute approximate surface area is 204 Å². The normalized spacial score (nSPS) is 15.6. The first-order chi connectivity index (χ1) is 16.5. The van der Waals surface area contributed by atoms with Crippen molar-refractivity contribution in [2.75, 3.05) is 27.3 Å². The van der Waals surface area contributed by atoms with Gasteiger partial charge in [-0.2, -0.15) is 9.97 Å². The molecular weight excluding hydrogens is 454 g/mol. The Morgan fingerprint density at radius 1 is 1.12 bits per heavy atom. The highest BCUT2D eigenvalue weighted by molar-refractivity contribution is 6.30. The minimum atomic E-state index is -0.560. The summed E-state index contributed by atoms with van der Waals surface area (Å²) in [7, 11) is 5.12. The second-order valence-electron chi connectivity index (χ2n) is 8.46. The van der Waals surface area contributed by atoms with E-state index >= 15 is 0 Å². The highest BCUT2D eigenvalue weighted by Crippen LogP contribution is 2.27. The van der Waals surface area contributed by atoms with Crippen molar-refractivity contribution < 1.29 is 14.3 Å². The van der Waals surface area contributed by atoms with Gasteiger partial charge in [0, 0.05) is 36.4 Å². The molecule has 34 heavy (non-hydrogen) atoms. The molecule has 3 aromatic rings. The highest BCUT2D eigenvalue weighted by atomic mass is 35.5. The fraction of sp³-hybridized carbons (Fsp3) is 0.400. The monoisotopic (exact) mass is 483 g/mol. The predicted molar refractivity (Wildman–Crippen MR) is 130 cm³/mol. The van der Waals surface area contributed by atoms with Gasteiger partial charge >= 0.3 is 0 Å². The van der Waals surface area contributed by atoms with Crippen LogP contribution in [0.15, 0.2) is 48.7 Å².